The Morgan fingerprint density at radius 3 is 2.76 bits per heavy atom. The second-order valence-electron chi connectivity index (χ2n) is 2.94. The normalized spacial score (nSPS) is 9.65. The molecule has 1 rings (SSSR count). The highest BCUT2D eigenvalue weighted by Gasteiger charge is 2.08. The van der Waals surface area contributed by atoms with Gasteiger partial charge >= 0.3 is 0 Å². The van der Waals surface area contributed by atoms with E-state index in [1.54, 1.807) is 17.5 Å². The number of nitrogens with two attached hydrogens (primary N) is 1. The van der Waals surface area contributed by atoms with Crippen molar-refractivity contribution >= 4 is 29.1 Å². The maximum Gasteiger partial charge on any atom is 0.262 e. The fraction of sp³-hybridized carbons (Fsp3) is 0.222. The highest BCUT2D eigenvalue weighted by atomic mass is 32.1. The zero-order chi connectivity index (χ0) is 12.7. The van der Waals surface area contributed by atoms with E-state index in [-0.39, 0.29) is 12.5 Å². The Labute approximate surface area is 101 Å². The maximum absolute atomic E-state index is 11.4. The predicted molar refractivity (Wildman–Crippen MR) is 59.9 cm³/mol. The number of rotatable bonds is 6. The van der Waals surface area contributed by atoms with E-state index in [2.05, 4.69) is 10.2 Å². The van der Waals surface area contributed by atoms with Gasteiger partial charge in [0.1, 0.15) is 0 Å². The van der Waals surface area contributed by atoms with Gasteiger partial charge < -0.3 is 11.1 Å². The first kappa shape index (κ1) is 13.1. The van der Waals surface area contributed by atoms with E-state index in [1.807, 2.05) is 5.48 Å². The molecule has 0 saturated carbocycles. The molecule has 0 aliphatic rings. The molecular weight excluding hydrogens is 246 g/mol. The first-order chi connectivity index (χ1) is 8.09. The topological polar surface area (TPSA) is 111 Å². The third-order valence-electron chi connectivity index (χ3n) is 1.55. The Hall–Kier alpha value is -1.93. The lowest BCUT2D eigenvalue weighted by molar-refractivity contribution is -0.137. The van der Waals surface area contributed by atoms with Gasteiger partial charge in [-0.2, -0.15) is 0 Å². The molecule has 92 valence electrons. The monoisotopic (exact) mass is 257 g/mol. The van der Waals surface area contributed by atoms with Crippen molar-refractivity contribution in [1.29, 1.82) is 0 Å². The van der Waals surface area contributed by atoms with Gasteiger partial charge in [-0.25, -0.2) is 5.48 Å². The number of amides is 3. The van der Waals surface area contributed by atoms with E-state index in [9.17, 15) is 14.4 Å². The summed E-state index contributed by atoms with van der Waals surface area (Å²) in [6, 6.07) is 3.37. The van der Waals surface area contributed by atoms with E-state index in [4.69, 9.17) is 5.73 Å². The fourth-order valence-electron chi connectivity index (χ4n) is 0.879. The van der Waals surface area contributed by atoms with E-state index in [0.29, 0.717) is 4.88 Å². The summed E-state index contributed by atoms with van der Waals surface area (Å²) < 4.78 is 0. The number of hydrogen-bond donors (Lipinski definition) is 3. The minimum Gasteiger partial charge on any atom is -0.368 e. The van der Waals surface area contributed by atoms with E-state index >= 15 is 0 Å². The lowest BCUT2D eigenvalue weighted by Crippen LogP contribution is -2.38. The van der Waals surface area contributed by atoms with Crippen LogP contribution in [0.4, 0.5) is 0 Å². The van der Waals surface area contributed by atoms with Crippen LogP contribution in [0.25, 0.3) is 0 Å². The molecule has 17 heavy (non-hydrogen) atoms. The van der Waals surface area contributed by atoms with Crippen LogP contribution in [0.2, 0.25) is 0 Å². The molecule has 0 radical (unpaired) electrons. The highest BCUT2D eigenvalue weighted by Crippen LogP contribution is 2.07. The van der Waals surface area contributed by atoms with Crippen molar-refractivity contribution in [2.45, 2.75) is 0 Å². The van der Waals surface area contributed by atoms with Crippen molar-refractivity contribution in [3.8, 4) is 0 Å². The Bertz CT molecular complexity index is 404. The zero-order valence-corrected chi connectivity index (χ0v) is 9.58. The Kier molecular flexibility index (Phi) is 5.11. The van der Waals surface area contributed by atoms with E-state index in [1.165, 1.54) is 11.3 Å². The summed E-state index contributed by atoms with van der Waals surface area (Å²) in [5.41, 5.74) is 6.74. The minimum absolute atomic E-state index is 0.241. The molecule has 1 aromatic rings. The van der Waals surface area contributed by atoms with Crippen LogP contribution in [0.1, 0.15) is 9.67 Å². The summed E-state index contributed by atoms with van der Waals surface area (Å²) in [5, 5.41) is 4.14. The second kappa shape index (κ2) is 6.61. The van der Waals surface area contributed by atoms with Gasteiger partial charge in [-0.15, -0.1) is 11.3 Å². The molecule has 0 bridgehead atoms. The van der Waals surface area contributed by atoms with Crippen LogP contribution in [-0.2, 0) is 14.4 Å². The van der Waals surface area contributed by atoms with Gasteiger partial charge in [-0.3, -0.25) is 19.2 Å². The molecule has 0 aliphatic heterocycles. The molecule has 0 fully saturated rings. The summed E-state index contributed by atoms with van der Waals surface area (Å²) in [4.78, 5) is 37.7. The molecule has 7 nitrogen and oxygen atoms in total. The summed E-state index contributed by atoms with van der Waals surface area (Å²) in [6.45, 7) is -0.653. The number of nitrogens with one attached hydrogen (secondary N) is 2. The standard InChI is InChI=1S/C9H11N3O4S/c10-7(13)5-16-12-8(14)4-11-9(15)6-2-1-3-17-6/h1-3H,4-5H2,(H2,10,13)(H,11,15)(H,12,14). The van der Waals surface area contributed by atoms with E-state index in [0.717, 1.165) is 0 Å². The van der Waals surface area contributed by atoms with Gasteiger partial charge in [0.2, 0.25) is 5.91 Å². The molecule has 0 unspecified atom stereocenters. The summed E-state index contributed by atoms with van der Waals surface area (Å²) >= 11 is 1.27. The van der Waals surface area contributed by atoms with Gasteiger partial charge in [0, 0.05) is 0 Å². The Morgan fingerprint density at radius 2 is 2.18 bits per heavy atom. The maximum atomic E-state index is 11.4. The van der Waals surface area contributed by atoms with Crippen LogP contribution < -0.4 is 16.5 Å². The quantitative estimate of drug-likeness (QED) is 0.568. The van der Waals surface area contributed by atoms with Crippen molar-refractivity contribution in [2.24, 2.45) is 5.73 Å². The Morgan fingerprint density at radius 1 is 1.41 bits per heavy atom. The first-order valence-corrected chi connectivity index (χ1v) is 5.48. The number of hydrogen-bond acceptors (Lipinski definition) is 5. The van der Waals surface area contributed by atoms with Crippen molar-refractivity contribution in [1.82, 2.24) is 10.8 Å². The van der Waals surface area contributed by atoms with Crippen LogP contribution in [0.5, 0.6) is 0 Å². The van der Waals surface area contributed by atoms with Gasteiger partial charge in [-0.05, 0) is 11.4 Å². The summed E-state index contributed by atoms with van der Waals surface area (Å²) in [6.07, 6.45) is 0. The van der Waals surface area contributed by atoms with Crippen molar-refractivity contribution in [3.63, 3.8) is 0 Å². The molecule has 4 N–H and O–H groups in total. The third-order valence-corrected chi connectivity index (χ3v) is 2.42. The molecule has 3 amide bonds. The number of thiophene rings is 1. The van der Waals surface area contributed by atoms with Crippen LogP contribution in [0.3, 0.4) is 0 Å². The predicted octanol–water partition coefficient (Wildman–Crippen LogP) is -0.989. The number of hydroxylamine groups is 1. The van der Waals surface area contributed by atoms with Crippen LogP contribution >= 0.6 is 11.3 Å². The lowest BCUT2D eigenvalue weighted by Gasteiger charge is -2.05. The molecule has 8 heteroatoms. The molecule has 0 spiro atoms. The summed E-state index contributed by atoms with van der Waals surface area (Å²) in [7, 11) is 0. The SMILES string of the molecule is NC(=O)CONC(=O)CNC(=O)c1cccs1. The lowest BCUT2D eigenvalue weighted by atomic mass is 10.4. The third kappa shape index (κ3) is 5.09. The molecule has 1 heterocycles. The van der Waals surface area contributed by atoms with Crippen molar-refractivity contribution in [2.75, 3.05) is 13.2 Å². The zero-order valence-electron chi connectivity index (χ0n) is 8.76. The minimum atomic E-state index is -0.701. The van der Waals surface area contributed by atoms with Gasteiger partial charge in [0.05, 0.1) is 11.4 Å². The van der Waals surface area contributed by atoms with E-state index < -0.39 is 18.4 Å². The van der Waals surface area contributed by atoms with Crippen LogP contribution in [-0.4, -0.2) is 30.9 Å². The molecule has 0 atom stereocenters. The first-order valence-electron chi connectivity index (χ1n) is 4.60. The highest BCUT2D eigenvalue weighted by molar-refractivity contribution is 7.12. The number of carbonyl (C=O) groups excluding carboxylic acids is 3. The molecule has 0 saturated heterocycles. The smallest absolute Gasteiger partial charge is 0.262 e. The average Bonchev–Trinajstić information content (AvgIpc) is 2.78. The van der Waals surface area contributed by atoms with Gasteiger partial charge in [0.15, 0.2) is 6.61 Å². The second-order valence-corrected chi connectivity index (χ2v) is 3.89. The molecular formula is C9H11N3O4S. The van der Waals surface area contributed by atoms with Gasteiger partial charge in [0.25, 0.3) is 11.8 Å². The van der Waals surface area contributed by atoms with Crippen molar-refractivity contribution < 1.29 is 19.2 Å². The van der Waals surface area contributed by atoms with Gasteiger partial charge in [-0.1, -0.05) is 6.07 Å². The number of primary amides is 1. The van der Waals surface area contributed by atoms with Crippen LogP contribution in [0, 0.1) is 0 Å². The average molecular weight is 257 g/mol. The molecule has 1 aromatic heterocycles. The largest absolute Gasteiger partial charge is 0.368 e. The Balaban J connectivity index is 2.20. The fourth-order valence-corrected chi connectivity index (χ4v) is 1.52. The molecule has 0 aliphatic carbocycles. The molecule has 0 aromatic carbocycles. The van der Waals surface area contributed by atoms with Crippen LogP contribution in [0.15, 0.2) is 17.5 Å². The number of carbonyl (C=O) groups is 3. The summed E-state index contributed by atoms with van der Waals surface area (Å²) in [5.74, 6) is -1.62. The van der Waals surface area contributed by atoms with Crippen molar-refractivity contribution in [3.05, 3.63) is 22.4 Å².